The Morgan fingerprint density at radius 2 is 2.05 bits per heavy atom. The summed E-state index contributed by atoms with van der Waals surface area (Å²) in [4.78, 5) is 2.38. The van der Waals surface area contributed by atoms with E-state index in [4.69, 9.17) is 21.1 Å². The number of piperidine rings is 1. The molecule has 1 heterocycles. The molecule has 4 nitrogen and oxygen atoms in total. The smallest absolute Gasteiger partial charge is 0.0642 e. The number of hydrogen-bond donors (Lipinski definition) is 1. The van der Waals surface area contributed by atoms with Gasteiger partial charge in [-0.1, -0.05) is 23.7 Å². The zero-order chi connectivity index (χ0) is 15.1. The van der Waals surface area contributed by atoms with Gasteiger partial charge in [0.05, 0.1) is 23.4 Å². The molecule has 0 unspecified atom stereocenters. The third-order valence-electron chi connectivity index (χ3n) is 3.96. The lowest BCUT2D eigenvalue weighted by Crippen LogP contribution is -2.37. The minimum Gasteiger partial charge on any atom is -0.383 e. The molecule has 0 amide bonds. The van der Waals surface area contributed by atoms with E-state index in [1.54, 1.807) is 14.2 Å². The molecule has 5 heteroatoms. The van der Waals surface area contributed by atoms with Crippen LogP contribution in [0.1, 0.15) is 18.4 Å². The van der Waals surface area contributed by atoms with Gasteiger partial charge >= 0.3 is 0 Å². The highest BCUT2D eigenvalue weighted by atomic mass is 35.5. The van der Waals surface area contributed by atoms with Crippen LogP contribution in [0.5, 0.6) is 0 Å². The highest BCUT2D eigenvalue weighted by Crippen LogP contribution is 2.32. The lowest BCUT2D eigenvalue weighted by molar-refractivity contribution is 0.0819. The summed E-state index contributed by atoms with van der Waals surface area (Å²) in [5, 5.41) is 4.22. The molecule has 1 aliphatic rings. The maximum absolute atomic E-state index is 6.45. The summed E-state index contributed by atoms with van der Waals surface area (Å²) < 4.78 is 10.5. The highest BCUT2D eigenvalue weighted by molar-refractivity contribution is 6.33. The van der Waals surface area contributed by atoms with Gasteiger partial charge in [0.25, 0.3) is 0 Å². The van der Waals surface area contributed by atoms with Crippen molar-refractivity contribution in [3.63, 3.8) is 0 Å². The van der Waals surface area contributed by atoms with E-state index in [0.29, 0.717) is 6.10 Å². The molecular formula is C16H25ClN2O2. The fraction of sp³-hybridized carbons (Fsp3) is 0.625. The number of ether oxygens (including phenoxy) is 2. The third-order valence-corrected chi connectivity index (χ3v) is 4.27. The number of rotatable bonds is 7. The van der Waals surface area contributed by atoms with Crippen LogP contribution >= 0.6 is 11.6 Å². The highest BCUT2D eigenvalue weighted by Gasteiger charge is 2.22. The van der Waals surface area contributed by atoms with Gasteiger partial charge in [0.15, 0.2) is 0 Å². The molecule has 118 valence electrons. The van der Waals surface area contributed by atoms with Crippen LogP contribution in [0.15, 0.2) is 18.2 Å². The Morgan fingerprint density at radius 3 is 2.71 bits per heavy atom. The van der Waals surface area contributed by atoms with E-state index in [1.807, 2.05) is 12.1 Å². The van der Waals surface area contributed by atoms with E-state index in [1.165, 1.54) is 11.3 Å². The fourth-order valence-corrected chi connectivity index (χ4v) is 3.08. The summed E-state index contributed by atoms with van der Waals surface area (Å²) in [5.41, 5.74) is 2.41. The molecule has 0 saturated carbocycles. The average Bonchev–Trinajstić information content (AvgIpc) is 2.52. The second-order valence-electron chi connectivity index (χ2n) is 5.34. The Kier molecular flexibility index (Phi) is 6.77. The molecule has 0 atom stereocenters. The van der Waals surface area contributed by atoms with Crippen molar-refractivity contribution in [2.24, 2.45) is 0 Å². The van der Waals surface area contributed by atoms with Gasteiger partial charge in [0, 0.05) is 40.4 Å². The number of methoxy groups -OCH3 is 2. The Labute approximate surface area is 132 Å². The molecule has 2 rings (SSSR count). The van der Waals surface area contributed by atoms with E-state index in [-0.39, 0.29) is 0 Å². The molecule has 1 saturated heterocycles. The van der Waals surface area contributed by atoms with E-state index in [0.717, 1.165) is 50.7 Å². The van der Waals surface area contributed by atoms with Crippen molar-refractivity contribution in [3.05, 3.63) is 28.8 Å². The molecule has 0 radical (unpaired) electrons. The lowest BCUT2D eigenvalue weighted by atomic mass is 10.0. The Bertz CT molecular complexity index is 434. The summed E-state index contributed by atoms with van der Waals surface area (Å²) in [6, 6.07) is 6.13. The minimum absolute atomic E-state index is 0.381. The fourth-order valence-electron chi connectivity index (χ4n) is 2.77. The molecule has 1 N–H and O–H groups in total. The standard InChI is InChI=1S/C16H25ClN2O2/c1-20-11-8-18-12-13-4-3-5-15(17)16(13)19-9-6-14(21-2)7-10-19/h3-5,14,18H,6-12H2,1-2H3. The average molecular weight is 313 g/mol. The topological polar surface area (TPSA) is 33.7 Å². The lowest BCUT2D eigenvalue weighted by Gasteiger charge is -2.34. The Hall–Kier alpha value is -0.810. The van der Waals surface area contributed by atoms with E-state index in [9.17, 15) is 0 Å². The van der Waals surface area contributed by atoms with Crippen molar-refractivity contribution in [2.75, 3.05) is 45.4 Å². The first-order chi connectivity index (χ1) is 10.3. The van der Waals surface area contributed by atoms with Crippen LogP contribution in [0.25, 0.3) is 0 Å². The number of nitrogens with one attached hydrogen (secondary N) is 1. The minimum atomic E-state index is 0.381. The molecule has 1 aromatic carbocycles. The van der Waals surface area contributed by atoms with Crippen LogP contribution in [0.4, 0.5) is 5.69 Å². The first kappa shape index (κ1) is 16.6. The number of para-hydroxylation sites is 1. The van der Waals surface area contributed by atoms with E-state index < -0.39 is 0 Å². The number of anilines is 1. The quantitative estimate of drug-likeness (QED) is 0.785. The summed E-state index contributed by atoms with van der Waals surface area (Å²) in [6.07, 6.45) is 2.49. The monoisotopic (exact) mass is 312 g/mol. The summed E-state index contributed by atoms with van der Waals surface area (Å²) in [7, 11) is 3.51. The molecule has 0 spiro atoms. The predicted octanol–water partition coefficient (Wildman–Crippen LogP) is 2.69. The van der Waals surface area contributed by atoms with Crippen LogP contribution in [-0.2, 0) is 16.0 Å². The van der Waals surface area contributed by atoms with Crippen molar-refractivity contribution >= 4 is 17.3 Å². The maximum Gasteiger partial charge on any atom is 0.0642 e. The molecule has 21 heavy (non-hydrogen) atoms. The van der Waals surface area contributed by atoms with Gasteiger partial charge in [-0.25, -0.2) is 0 Å². The molecule has 0 bridgehead atoms. The predicted molar refractivity (Wildman–Crippen MR) is 87.3 cm³/mol. The molecule has 1 aromatic rings. The summed E-state index contributed by atoms with van der Waals surface area (Å²) in [6.45, 7) is 4.35. The molecular weight excluding hydrogens is 288 g/mol. The largest absolute Gasteiger partial charge is 0.383 e. The molecule has 1 aliphatic heterocycles. The molecule has 0 aromatic heterocycles. The van der Waals surface area contributed by atoms with Gasteiger partial charge in [-0.05, 0) is 24.5 Å². The second kappa shape index (κ2) is 8.59. The first-order valence-corrected chi connectivity index (χ1v) is 7.89. The zero-order valence-electron chi connectivity index (χ0n) is 12.9. The van der Waals surface area contributed by atoms with Crippen LogP contribution in [0.2, 0.25) is 5.02 Å². The Balaban J connectivity index is 2.03. The van der Waals surface area contributed by atoms with Crippen LogP contribution in [0, 0.1) is 0 Å². The summed E-state index contributed by atoms with van der Waals surface area (Å²) in [5.74, 6) is 0. The van der Waals surface area contributed by atoms with Gasteiger partial charge in [-0.15, -0.1) is 0 Å². The van der Waals surface area contributed by atoms with Gasteiger partial charge in [0.1, 0.15) is 0 Å². The number of nitrogens with zero attached hydrogens (tertiary/aromatic N) is 1. The number of halogens is 1. The zero-order valence-corrected chi connectivity index (χ0v) is 13.7. The molecule has 0 aliphatic carbocycles. The first-order valence-electron chi connectivity index (χ1n) is 7.51. The van der Waals surface area contributed by atoms with Crippen LogP contribution in [-0.4, -0.2) is 46.6 Å². The van der Waals surface area contributed by atoms with Crippen LogP contribution < -0.4 is 10.2 Å². The van der Waals surface area contributed by atoms with Gasteiger partial charge < -0.3 is 19.7 Å². The maximum atomic E-state index is 6.45. The third kappa shape index (κ3) is 4.58. The summed E-state index contributed by atoms with van der Waals surface area (Å²) >= 11 is 6.45. The SMILES string of the molecule is COCCNCc1cccc(Cl)c1N1CCC(OC)CC1. The van der Waals surface area contributed by atoms with E-state index in [2.05, 4.69) is 16.3 Å². The number of benzene rings is 1. The van der Waals surface area contributed by atoms with Crippen molar-refractivity contribution in [1.82, 2.24) is 5.32 Å². The van der Waals surface area contributed by atoms with Crippen molar-refractivity contribution in [2.45, 2.75) is 25.5 Å². The Morgan fingerprint density at radius 1 is 1.29 bits per heavy atom. The van der Waals surface area contributed by atoms with Crippen LogP contribution in [0.3, 0.4) is 0 Å². The van der Waals surface area contributed by atoms with Gasteiger partial charge in [0.2, 0.25) is 0 Å². The van der Waals surface area contributed by atoms with Crippen molar-refractivity contribution in [3.8, 4) is 0 Å². The van der Waals surface area contributed by atoms with Crippen molar-refractivity contribution < 1.29 is 9.47 Å². The van der Waals surface area contributed by atoms with E-state index >= 15 is 0 Å². The molecule has 1 fully saturated rings. The van der Waals surface area contributed by atoms with Crippen molar-refractivity contribution in [1.29, 1.82) is 0 Å². The van der Waals surface area contributed by atoms with Gasteiger partial charge in [-0.3, -0.25) is 0 Å². The second-order valence-corrected chi connectivity index (χ2v) is 5.75. The van der Waals surface area contributed by atoms with Gasteiger partial charge in [-0.2, -0.15) is 0 Å². The normalized spacial score (nSPS) is 16.4. The number of hydrogen-bond acceptors (Lipinski definition) is 4.